The summed E-state index contributed by atoms with van der Waals surface area (Å²) in [7, 11) is 0. The van der Waals surface area contributed by atoms with Crippen LogP contribution < -0.4 is 10.1 Å². The Morgan fingerprint density at radius 1 is 1.27 bits per heavy atom. The minimum atomic E-state index is -0.247. The lowest BCUT2D eigenvalue weighted by Crippen LogP contribution is -2.22. The van der Waals surface area contributed by atoms with Crippen LogP contribution in [-0.2, 0) is 19.4 Å². The summed E-state index contributed by atoms with van der Waals surface area (Å²) in [6.07, 6.45) is 5.14. The number of hydrogen-bond donors (Lipinski definition) is 1. The smallest absolute Gasteiger partial charge is 0.287 e. The van der Waals surface area contributed by atoms with Gasteiger partial charge in [-0.3, -0.25) is 4.79 Å². The zero-order chi connectivity index (χ0) is 15.4. The molecule has 0 bridgehead atoms. The molecule has 1 N–H and O–H groups in total. The third kappa shape index (κ3) is 3.22. The molecule has 1 aliphatic rings. The summed E-state index contributed by atoms with van der Waals surface area (Å²) in [6.45, 7) is 4.28. The zero-order valence-electron chi connectivity index (χ0n) is 12.4. The van der Waals surface area contributed by atoms with Crippen LogP contribution in [-0.4, -0.2) is 12.5 Å². The first kappa shape index (κ1) is 14.4. The fourth-order valence-corrected chi connectivity index (χ4v) is 2.62. The van der Waals surface area contributed by atoms with Gasteiger partial charge in [0.1, 0.15) is 18.1 Å². The summed E-state index contributed by atoms with van der Waals surface area (Å²) in [6, 6.07) is 9.64. The van der Waals surface area contributed by atoms with E-state index in [0.29, 0.717) is 18.9 Å². The van der Waals surface area contributed by atoms with Crippen LogP contribution in [0.15, 0.2) is 47.4 Å². The molecule has 0 spiro atoms. The first-order valence-corrected chi connectivity index (χ1v) is 7.48. The normalized spacial score (nSPS) is 12.7. The molecule has 4 heteroatoms. The topological polar surface area (TPSA) is 51.5 Å². The Hall–Kier alpha value is -2.49. The maximum absolute atomic E-state index is 11.7. The van der Waals surface area contributed by atoms with Gasteiger partial charge in [0.05, 0.1) is 0 Å². The van der Waals surface area contributed by atoms with Gasteiger partial charge in [-0.2, -0.15) is 0 Å². The maximum Gasteiger partial charge on any atom is 0.287 e. The summed E-state index contributed by atoms with van der Waals surface area (Å²) in [5.41, 5.74) is 2.80. The van der Waals surface area contributed by atoms with E-state index in [9.17, 15) is 4.79 Å². The van der Waals surface area contributed by atoms with Gasteiger partial charge in [-0.1, -0.05) is 12.1 Å². The van der Waals surface area contributed by atoms with E-state index >= 15 is 0 Å². The molecule has 0 radical (unpaired) electrons. The summed E-state index contributed by atoms with van der Waals surface area (Å²) in [5.74, 6) is 1.51. The minimum absolute atomic E-state index is 0.247. The summed E-state index contributed by atoms with van der Waals surface area (Å²) < 4.78 is 11.2. The Labute approximate surface area is 129 Å². The zero-order valence-corrected chi connectivity index (χ0v) is 12.4. The van der Waals surface area contributed by atoms with Crippen LogP contribution in [0.25, 0.3) is 0 Å². The van der Waals surface area contributed by atoms with E-state index in [0.717, 1.165) is 18.6 Å². The lowest BCUT2D eigenvalue weighted by molar-refractivity contribution is 0.0926. The molecular formula is C18H19NO3. The van der Waals surface area contributed by atoms with Crippen LogP contribution in [0, 0.1) is 0 Å². The Balaban J connectivity index is 1.59. The Kier molecular flexibility index (Phi) is 4.28. The number of carbonyl (C=O) groups excluding carboxylic acids is 1. The van der Waals surface area contributed by atoms with Gasteiger partial charge in [-0.05, 0) is 54.7 Å². The highest BCUT2D eigenvalue weighted by atomic mass is 16.5. The SMILES string of the molecule is C=CCNC(=O)c1ccc(COc2ccc3c(c2)CCC3)o1. The van der Waals surface area contributed by atoms with Gasteiger partial charge >= 0.3 is 0 Å². The van der Waals surface area contributed by atoms with Crippen LogP contribution >= 0.6 is 0 Å². The van der Waals surface area contributed by atoms with E-state index in [1.807, 2.05) is 6.07 Å². The largest absolute Gasteiger partial charge is 0.486 e. The second-order valence-electron chi connectivity index (χ2n) is 5.34. The number of benzene rings is 1. The summed E-state index contributed by atoms with van der Waals surface area (Å²) >= 11 is 0. The molecule has 0 unspecified atom stereocenters. The molecular weight excluding hydrogens is 278 g/mol. The highest BCUT2D eigenvalue weighted by molar-refractivity contribution is 5.91. The van der Waals surface area contributed by atoms with Crippen molar-refractivity contribution in [1.82, 2.24) is 5.32 Å². The molecule has 0 aliphatic heterocycles. The molecule has 1 heterocycles. The molecule has 0 fully saturated rings. The van der Waals surface area contributed by atoms with Crippen molar-refractivity contribution in [3.05, 3.63) is 65.6 Å². The van der Waals surface area contributed by atoms with Gasteiger partial charge in [-0.25, -0.2) is 0 Å². The molecule has 1 aromatic heterocycles. The first-order chi connectivity index (χ1) is 10.8. The van der Waals surface area contributed by atoms with E-state index < -0.39 is 0 Å². The third-order valence-electron chi connectivity index (χ3n) is 3.74. The van der Waals surface area contributed by atoms with Gasteiger partial charge in [0.2, 0.25) is 0 Å². The molecule has 1 aliphatic carbocycles. The van der Waals surface area contributed by atoms with Crippen LogP contribution in [0.5, 0.6) is 5.75 Å². The number of carbonyl (C=O) groups is 1. The summed E-state index contributed by atoms with van der Waals surface area (Å²) in [4.78, 5) is 11.7. The van der Waals surface area contributed by atoms with Crippen LogP contribution in [0.4, 0.5) is 0 Å². The predicted octanol–water partition coefficient (Wildman–Crippen LogP) is 3.26. The molecule has 2 aromatic rings. The Bertz CT molecular complexity index is 687. The monoisotopic (exact) mass is 297 g/mol. The van der Waals surface area contributed by atoms with Gasteiger partial charge in [-0.15, -0.1) is 6.58 Å². The lowest BCUT2D eigenvalue weighted by atomic mass is 10.1. The average Bonchev–Trinajstić information content (AvgIpc) is 3.18. The molecule has 0 saturated heterocycles. The van der Waals surface area contributed by atoms with E-state index in [2.05, 4.69) is 24.0 Å². The van der Waals surface area contributed by atoms with Gasteiger partial charge in [0.25, 0.3) is 5.91 Å². The number of nitrogens with one attached hydrogen (secondary N) is 1. The van der Waals surface area contributed by atoms with Crippen molar-refractivity contribution in [3.8, 4) is 5.75 Å². The van der Waals surface area contributed by atoms with E-state index in [1.165, 1.54) is 17.5 Å². The fraction of sp³-hybridized carbons (Fsp3) is 0.278. The Morgan fingerprint density at radius 3 is 3.00 bits per heavy atom. The van der Waals surface area contributed by atoms with Gasteiger partial charge in [0.15, 0.2) is 5.76 Å². The van der Waals surface area contributed by atoms with Gasteiger partial charge in [0, 0.05) is 6.54 Å². The quantitative estimate of drug-likeness (QED) is 0.833. The van der Waals surface area contributed by atoms with Crippen molar-refractivity contribution in [1.29, 1.82) is 0 Å². The first-order valence-electron chi connectivity index (χ1n) is 7.48. The fourth-order valence-electron chi connectivity index (χ4n) is 2.62. The number of amides is 1. The molecule has 3 rings (SSSR count). The van der Waals surface area contributed by atoms with Crippen molar-refractivity contribution in [3.63, 3.8) is 0 Å². The van der Waals surface area contributed by atoms with Gasteiger partial charge < -0.3 is 14.5 Å². The van der Waals surface area contributed by atoms with Crippen LogP contribution in [0.2, 0.25) is 0 Å². The predicted molar refractivity (Wildman–Crippen MR) is 84.0 cm³/mol. The molecule has 22 heavy (non-hydrogen) atoms. The lowest BCUT2D eigenvalue weighted by Gasteiger charge is -2.06. The third-order valence-corrected chi connectivity index (χ3v) is 3.74. The highest BCUT2D eigenvalue weighted by Crippen LogP contribution is 2.26. The second-order valence-corrected chi connectivity index (χ2v) is 5.34. The van der Waals surface area contributed by atoms with Crippen LogP contribution in [0.1, 0.15) is 33.9 Å². The number of fused-ring (bicyclic) bond motifs is 1. The van der Waals surface area contributed by atoms with Crippen molar-refractivity contribution in [2.75, 3.05) is 6.54 Å². The molecule has 1 amide bonds. The standard InChI is InChI=1S/C18H19NO3/c1-2-10-19-18(20)17-9-8-16(22-17)12-21-15-7-6-13-4-3-5-14(13)11-15/h2,6-9,11H,1,3-5,10,12H2,(H,19,20). The molecule has 1 aromatic carbocycles. The van der Waals surface area contributed by atoms with E-state index in [-0.39, 0.29) is 11.7 Å². The number of rotatable bonds is 6. The van der Waals surface area contributed by atoms with Crippen molar-refractivity contribution in [2.24, 2.45) is 0 Å². The Morgan fingerprint density at radius 2 is 2.14 bits per heavy atom. The highest BCUT2D eigenvalue weighted by Gasteiger charge is 2.13. The minimum Gasteiger partial charge on any atom is -0.486 e. The molecule has 114 valence electrons. The van der Waals surface area contributed by atoms with Crippen molar-refractivity contribution >= 4 is 5.91 Å². The molecule has 0 saturated carbocycles. The summed E-state index contributed by atoms with van der Waals surface area (Å²) in [5, 5.41) is 2.67. The second kappa shape index (κ2) is 6.52. The number of hydrogen-bond acceptors (Lipinski definition) is 3. The number of ether oxygens (including phenoxy) is 1. The van der Waals surface area contributed by atoms with E-state index in [4.69, 9.17) is 9.15 Å². The molecule has 0 atom stereocenters. The molecule has 4 nitrogen and oxygen atoms in total. The number of aryl methyl sites for hydroxylation is 2. The van der Waals surface area contributed by atoms with Crippen molar-refractivity contribution in [2.45, 2.75) is 25.9 Å². The average molecular weight is 297 g/mol. The van der Waals surface area contributed by atoms with Crippen LogP contribution in [0.3, 0.4) is 0 Å². The number of furan rings is 1. The van der Waals surface area contributed by atoms with Crippen molar-refractivity contribution < 1.29 is 13.9 Å². The van der Waals surface area contributed by atoms with E-state index in [1.54, 1.807) is 18.2 Å². The maximum atomic E-state index is 11.7.